The Labute approximate surface area is 104 Å². The molecule has 17 heavy (non-hydrogen) atoms. The lowest BCUT2D eigenvalue weighted by Crippen LogP contribution is -2.47. The van der Waals surface area contributed by atoms with Crippen molar-refractivity contribution in [3.05, 3.63) is 0 Å². The Morgan fingerprint density at radius 2 is 2.24 bits per heavy atom. The third kappa shape index (κ3) is 3.35. The van der Waals surface area contributed by atoms with E-state index >= 15 is 0 Å². The summed E-state index contributed by atoms with van der Waals surface area (Å²) in [4.78, 5) is 4.60. The molecule has 0 spiro atoms. The van der Waals surface area contributed by atoms with E-state index in [9.17, 15) is 0 Å². The zero-order valence-electron chi connectivity index (χ0n) is 11.2. The van der Waals surface area contributed by atoms with Crippen molar-refractivity contribution < 1.29 is 4.74 Å². The molecule has 0 saturated carbocycles. The summed E-state index contributed by atoms with van der Waals surface area (Å²) in [5.74, 6) is 1.55. The van der Waals surface area contributed by atoms with Crippen LogP contribution in [0, 0.1) is 5.92 Å². The number of guanidine groups is 1. The van der Waals surface area contributed by atoms with Gasteiger partial charge in [-0.1, -0.05) is 13.8 Å². The highest BCUT2D eigenvalue weighted by atomic mass is 16.5. The summed E-state index contributed by atoms with van der Waals surface area (Å²) in [5, 5.41) is 6.83. The number of nitrogens with one attached hydrogen (secondary N) is 2. The van der Waals surface area contributed by atoms with E-state index in [2.05, 4.69) is 36.4 Å². The lowest BCUT2D eigenvalue weighted by Gasteiger charge is -2.22. The third-order valence-corrected chi connectivity index (χ3v) is 3.39. The third-order valence-electron chi connectivity index (χ3n) is 3.39. The van der Waals surface area contributed by atoms with Crippen molar-refractivity contribution in [1.29, 1.82) is 0 Å². The molecule has 0 radical (unpaired) electrons. The molecule has 0 aromatic rings. The average molecular weight is 239 g/mol. The average Bonchev–Trinajstić information content (AvgIpc) is 2.88. The number of ether oxygens (including phenoxy) is 1. The Balaban J connectivity index is 1.86. The van der Waals surface area contributed by atoms with Gasteiger partial charge in [0.05, 0.1) is 18.2 Å². The minimum absolute atomic E-state index is 0.405. The van der Waals surface area contributed by atoms with Crippen molar-refractivity contribution in [2.24, 2.45) is 10.9 Å². The van der Waals surface area contributed by atoms with E-state index in [1.807, 2.05) is 0 Å². The van der Waals surface area contributed by atoms with Crippen LogP contribution in [0.15, 0.2) is 4.99 Å². The molecular formula is C13H25N3O. The molecule has 2 N–H and O–H groups in total. The maximum Gasteiger partial charge on any atom is 0.191 e. The first-order valence-corrected chi connectivity index (χ1v) is 6.89. The lowest BCUT2D eigenvalue weighted by atomic mass is 9.96. The van der Waals surface area contributed by atoms with Crippen LogP contribution in [0.25, 0.3) is 0 Å². The van der Waals surface area contributed by atoms with Gasteiger partial charge in [-0.2, -0.15) is 0 Å². The van der Waals surface area contributed by atoms with Crippen LogP contribution in [0.5, 0.6) is 0 Å². The standard InChI is InChI=1S/C13H25N3O/c1-4-14-13(15-8-9(2)3)16-11-7-10-5-6-12(11)17-10/h9-12H,4-8H2,1-3H3,(H2,14,15,16). The van der Waals surface area contributed by atoms with E-state index in [1.54, 1.807) is 0 Å². The van der Waals surface area contributed by atoms with Crippen molar-refractivity contribution in [1.82, 2.24) is 10.6 Å². The molecule has 2 aliphatic heterocycles. The van der Waals surface area contributed by atoms with Crippen molar-refractivity contribution in [2.75, 3.05) is 13.1 Å². The quantitative estimate of drug-likeness (QED) is 0.577. The minimum atomic E-state index is 0.405. The fourth-order valence-electron chi connectivity index (χ4n) is 2.56. The van der Waals surface area contributed by atoms with Crippen molar-refractivity contribution >= 4 is 5.96 Å². The van der Waals surface area contributed by atoms with Gasteiger partial charge in [-0.25, -0.2) is 0 Å². The molecule has 2 rings (SSSR count). The highest BCUT2D eigenvalue weighted by molar-refractivity contribution is 5.80. The first kappa shape index (κ1) is 12.7. The zero-order chi connectivity index (χ0) is 12.3. The predicted molar refractivity (Wildman–Crippen MR) is 70.3 cm³/mol. The number of hydrogen-bond donors (Lipinski definition) is 2. The van der Waals surface area contributed by atoms with Crippen LogP contribution >= 0.6 is 0 Å². The Morgan fingerprint density at radius 1 is 1.41 bits per heavy atom. The Bertz CT molecular complexity index is 278. The molecular weight excluding hydrogens is 214 g/mol. The molecule has 0 aliphatic carbocycles. The fourth-order valence-corrected chi connectivity index (χ4v) is 2.56. The molecule has 2 fully saturated rings. The molecule has 98 valence electrons. The van der Waals surface area contributed by atoms with Gasteiger partial charge in [0.2, 0.25) is 0 Å². The molecule has 0 aromatic heterocycles. The summed E-state index contributed by atoms with van der Waals surface area (Å²) in [6, 6.07) is 0.457. The molecule has 2 bridgehead atoms. The normalized spacial score (nSPS) is 32.2. The van der Waals surface area contributed by atoms with Gasteiger partial charge in [0, 0.05) is 13.1 Å². The molecule has 2 aliphatic rings. The van der Waals surface area contributed by atoms with Crippen LogP contribution in [-0.4, -0.2) is 37.3 Å². The van der Waals surface area contributed by atoms with Crippen molar-refractivity contribution in [3.63, 3.8) is 0 Å². The first-order valence-electron chi connectivity index (χ1n) is 6.89. The molecule has 4 nitrogen and oxygen atoms in total. The molecule has 3 atom stereocenters. The Morgan fingerprint density at radius 3 is 2.76 bits per heavy atom. The van der Waals surface area contributed by atoms with E-state index < -0.39 is 0 Å². The molecule has 0 amide bonds. The van der Waals surface area contributed by atoms with Crippen LogP contribution < -0.4 is 10.6 Å². The second-order valence-electron chi connectivity index (χ2n) is 5.47. The number of aliphatic imine (C=N–C) groups is 1. The van der Waals surface area contributed by atoms with Crippen LogP contribution in [0.1, 0.15) is 40.0 Å². The number of fused-ring (bicyclic) bond motifs is 2. The van der Waals surface area contributed by atoms with E-state index in [1.165, 1.54) is 12.8 Å². The van der Waals surface area contributed by atoms with Gasteiger partial charge in [-0.3, -0.25) is 4.99 Å². The van der Waals surface area contributed by atoms with Crippen LogP contribution in [-0.2, 0) is 4.74 Å². The van der Waals surface area contributed by atoms with Crippen molar-refractivity contribution in [3.8, 4) is 0 Å². The monoisotopic (exact) mass is 239 g/mol. The largest absolute Gasteiger partial charge is 0.373 e. The van der Waals surface area contributed by atoms with Gasteiger partial charge in [0.25, 0.3) is 0 Å². The summed E-state index contributed by atoms with van der Waals surface area (Å²) in [6.07, 6.45) is 4.47. The second-order valence-corrected chi connectivity index (χ2v) is 5.47. The van der Waals surface area contributed by atoms with Crippen molar-refractivity contribution in [2.45, 2.75) is 58.3 Å². The van der Waals surface area contributed by atoms with Gasteiger partial charge in [-0.05, 0) is 32.1 Å². The summed E-state index contributed by atoms with van der Waals surface area (Å²) >= 11 is 0. The van der Waals surface area contributed by atoms with Gasteiger partial charge >= 0.3 is 0 Å². The topological polar surface area (TPSA) is 45.7 Å². The lowest BCUT2D eigenvalue weighted by molar-refractivity contribution is 0.0992. The summed E-state index contributed by atoms with van der Waals surface area (Å²) < 4.78 is 5.84. The summed E-state index contributed by atoms with van der Waals surface area (Å²) in [7, 11) is 0. The summed E-state index contributed by atoms with van der Waals surface area (Å²) in [5.41, 5.74) is 0. The van der Waals surface area contributed by atoms with E-state index in [0.29, 0.717) is 24.2 Å². The molecule has 4 heteroatoms. The fraction of sp³-hybridized carbons (Fsp3) is 0.923. The molecule has 0 aromatic carbocycles. The zero-order valence-corrected chi connectivity index (χ0v) is 11.2. The van der Waals surface area contributed by atoms with Crippen LogP contribution in [0.3, 0.4) is 0 Å². The maximum atomic E-state index is 5.84. The number of nitrogens with zero attached hydrogens (tertiary/aromatic N) is 1. The second kappa shape index (κ2) is 5.71. The minimum Gasteiger partial charge on any atom is -0.373 e. The number of rotatable bonds is 4. The van der Waals surface area contributed by atoms with E-state index in [-0.39, 0.29) is 0 Å². The smallest absolute Gasteiger partial charge is 0.191 e. The Kier molecular flexibility index (Phi) is 4.26. The molecule has 3 unspecified atom stereocenters. The predicted octanol–water partition coefficient (Wildman–Crippen LogP) is 1.52. The van der Waals surface area contributed by atoms with Crippen LogP contribution in [0.4, 0.5) is 0 Å². The van der Waals surface area contributed by atoms with Gasteiger partial charge in [0.15, 0.2) is 5.96 Å². The van der Waals surface area contributed by atoms with Gasteiger partial charge in [-0.15, -0.1) is 0 Å². The maximum absolute atomic E-state index is 5.84. The highest BCUT2D eigenvalue weighted by Gasteiger charge is 2.41. The number of hydrogen-bond acceptors (Lipinski definition) is 2. The van der Waals surface area contributed by atoms with Gasteiger partial charge < -0.3 is 15.4 Å². The van der Waals surface area contributed by atoms with Crippen LogP contribution in [0.2, 0.25) is 0 Å². The summed E-state index contributed by atoms with van der Waals surface area (Å²) in [6.45, 7) is 8.26. The molecule has 2 saturated heterocycles. The first-order chi connectivity index (χ1) is 8.19. The highest BCUT2D eigenvalue weighted by Crippen LogP contribution is 2.34. The van der Waals surface area contributed by atoms with Gasteiger partial charge in [0.1, 0.15) is 0 Å². The van der Waals surface area contributed by atoms with E-state index in [0.717, 1.165) is 25.5 Å². The molecule has 2 heterocycles. The Hall–Kier alpha value is -0.770. The SMILES string of the molecule is CCNC(=NCC(C)C)NC1CC2CCC1O2. The van der Waals surface area contributed by atoms with E-state index in [4.69, 9.17) is 4.74 Å².